The maximum Gasteiger partial charge on any atom is 0.127 e. The van der Waals surface area contributed by atoms with E-state index < -0.39 is 0 Å². The third-order valence-electron chi connectivity index (χ3n) is 4.61. The minimum absolute atomic E-state index is 0.623. The van der Waals surface area contributed by atoms with Gasteiger partial charge < -0.3 is 9.64 Å². The Bertz CT molecular complexity index is 734. The molecule has 0 unspecified atom stereocenters. The van der Waals surface area contributed by atoms with Crippen molar-refractivity contribution in [3.05, 3.63) is 69.7 Å². The molecule has 0 fully saturated rings. The van der Waals surface area contributed by atoms with Crippen molar-refractivity contribution < 1.29 is 4.74 Å². The molecule has 2 aromatic rings. The molecule has 0 saturated heterocycles. The summed E-state index contributed by atoms with van der Waals surface area (Å²) < 4.78 is 7.14. The molecule has 0 amide bonds. The molecule has 2 aromatic carbocycles. The van der Waals surface area contributed by atoms with E-state index in [1.54, 1.807) is 0 Å². The molecule has 0 spiro atoms. The predicted molar refractivity (Wildman–Crippen MR) is 104 cm³/mol. The lowest BCUT2D eigenvalue weighted by Gasteiger charge is -2.17. The van der Waals surface area contributed by atoms with Gasteiger partial charge in [0.25, 0.3) is 0 Å². The third kappa shape index (κ3) is 3.73. The van der Waals surface area contributed by atoms with Crippen molar-refractivity contribution in [1.29, 1.82) is 0 Å². The van der Waals surface area contributed by atoms with Crippen LogP contribution in [-0.2, 0) is 6.61 Å². The van der Waals surface area contributed by atoms with E-state index in [-0.39, 0.29) is 0 Å². The van der Waals surface area contributed by atoms with Crippen molar-refractivity contribution in [2.75, 3.05) is 19.6 Å². The van der Waals surface area contributed by atoms with Crippen LogP contribution in [0, 0.1) is 0 Å². The summed E-state index contributed by atoms with van der Waals surface area (Å²) in [6.07, 6.45) is 3.41. The number of fused-ring (bicyclic) bond motifs is 2. The van der Waals surface area contributed by atoms with Crippen LogP contribution in [0.3, 0.4) is 0 Å². The van der Waals surface area contributed by atoms with Crippen LogP contribution in [0.4, 0.5) is 0 Å². The molecule has 0 bridgehead atoms. The normalized spacial score (nSPS) is 14.9. The Balaban J connectivity index is 2.00. The average molecular weight is 386 g/mol. The lowest BCUT2D eigenvalue weighted by molar-refractivity contribution is 0.307. The first-order chi connectivity index (χ1) is 11.7. The quantitative estimate of drug-likeness (QED) is 0.672. The van der Waals surface area contributed by atoms with Crippen molar-refractivity contribution in [2.24, 2.45) is 0 Å². The molecular weight excluding hydrogens is 362 g/mol. The molecule has 1 aliphatic rings. The number of hydrogen-bond acceptors (Lipinski definition) is 2. The monoisotopic (exact) mass is 385 g/mol. The molecule has 0 N–H and O–H groups in total. The van der Waals surface area contributed by atoms with E-state index in [1.165, 1.54) is 22.3 Å². The minimum Gasteiger partial charge on any atom is -0.488 e. The SMILES string of the molecule is CCN(CC)CCC=C1c2ccccc2COc2ccc(Br)cc21. The van der Waals surface area contributed by atoms with E-state index in [0.717, 1.165) is 36.3 Å². The van der Waals surface area contributed by atoms with Gasteiger partial charge in [-0.15, -0.1) is 0 Å². The van der Waals surface area contributed by atoms with Gasteiger partial charge in [-0.3, -0.25) is 0 Å². The molecule has 1 heterocycles. The van der Waals surface area contributed by atoms with Gasteiger partial charge in [0.15, 0.2) is 0 Å². The number of ether oxygens (including phenoxy) is 1. The summed E-state index contributed by atoms with van der Waals surface area (Å²) in [6.45, 7) is 8.35. The summed E-state index contributed by atoms with van der Waals surface area (Å²) >= 11 is 3.61. The Hall–Kier alpha value is -1.58. The van der Waals surface area contributed by atoms with Gasteiger partial charge in [0.1, 0.15) is 12.4 Å². The maximum absolute atomic E-state index is 6.06. The highest BCUT2D eigenvalue weighted by atomic mass is 79.9. The maximum atomic E-state index is 6.06. The smallest absolute Gasteiger partial charge is 0.127 e. The molecule has 2 nitrogen and oxygen atoms in total. The van der Waals surface area contributed by atoms with Gasteiger partial charge >= 0.3 is 0 Å². The highest BCUT2D eigenvalue weighted by Gasteiger charge is 2.19. The Kier molecular flexibility index (Phi) is 5.75. The molecule has 0 aliphatic carbocycles. The second-order valence-electron chi connectivity index (χ2n) is 6.02. The number of halogens is 1. The Morgan fingerprint density at radius 2 is 1.88 bits per heavy atom. The third-order valence-corrected chi connectivity index (χ3v) is 5.10. The van der Waals surface area contributed by atoms with Gasteiger partial charge in [0.05, 0.1) is 0 Å². The molecule has 24 heavy (non-hydrogen) atoms. The highest BCUT2D eigenvalue weighted by molar-refractivity contribution is 9.10. The number of nitrogens with zero attached hydrogens (tertiary/aromatic N) is 1. The van der Waals surface area contributed by atoms with Crippen LogP contribution in [0.2, 0.25) is 0 Å². The summed E-state index contributed by atoms with van der Waals surface area (Å²) in [5.74, 6) is 0.962. The fourth-order valence-electron chi connectivity index (χ4n) is 3.20. The molecular formula is C21H24BrNO. The van der Waals surface area contributed by atoms with Crippen molar-refractivity contribution in [1.82, 2.24) is 4.90 Å². The first-order valence-electron chi connectivity index (χ1n) is 8.66. The summed E-state index contributed by atoms with van der Waals surface area (Å²) in [5.41, 5.74) is 4.99. The number of rotatable bonds is 5. The molecule has 0 saturated carbocycles. The Labute approximate surface area is 153 Å². The van der Waals surface area contributed by atoms with Gasteiger partial charge in [-0.2, -0.15) is 0 Å². The van der Waals surface area contributed by atoms with E-state index >= 15 is 0 Å². The molecule has 0 atom stereocenters. The first kappa shape index (κ1) is 17.2. The highest BCUT2D eigenvalue weighted by Crippen LogP contribution is 2.38. The lowest BCUT2D eigenvalue weighted by Crippen LogP contribution is -2.23. The van der Waals surface area contributed by atoms with Crippen molar-refractivity contribution in [2.45, 2.75) is 26.9 Å². The molecule has 126 valence electrons. The minimum atomic E-state index is 0.623. The number of hydrogen-bond donors (Lipinski definition) is 0. The Morgan fingerprint density at radius 1 is 1.08 bits per heavy atom. The summed E-state index contributed by atoms with van der Waals surface area (Å²) in [5, 5.41) is 0. The van der Waals surface area contributed by atoms with E-state index in [9.17, 15) is 0 Å². The molecule has 1 aliphatic heterocycles. The fourth-order valence-corrected chi connectivity index (χ4v) is 3.56. The van der Waals surface area contributed by atoms with Gasteiger partial charge in [-0.25, -0.2) is 0 Å². The predicted octanol–water partition coefficient (Wildman–Crippen LogP) is 5.51. The van der Waals surface area contributed by atoms with Gasteiger partial charge in [0, 0.05) is 16.6 Å². The van der Waals surface area contributed by atoms with Crippen LogP contribution < -0.4 is 4.74 Å². The average Bonchev–Trinajstić information content (AvgIpc) is 2.76. The van der Waals surface area contributed by atoms with Gasteiger partial charge in [-0.1, -0.05) is 60.1 Å². The van der Waals surface area contributed by atoms with Crippen LogP contribution in [0.15, 0.2) is 53.0 Å². The molecule has 3 heteroatoms. The second-order valence-corrected chi connectivity index (χ2v) is 6.94. The molecule has 0 radical (unpaired) electrons. The standard InChI is InChI=1S/C21H24BrNO/c1-3-23(4-2)13-7-10-19-18-9-6-5-8-16(18)15-24-21-12-11-17(22)14-20(19)21/h5-6,8-12,14H,3-4,7,13,15H2,1-2H3. The van der Waals surface area contributed by atoms with E-state index in [0.29, 0.717) is 6.61 Å². The van der Waals surface area contributed by atoms with Gasteiger partial charge in [-0.05, 0) is 54.4 Å². The molecule has 3 rings (SSSR count). The van der Waals surface area contributed by atoms with Crippen LogP contribution in [-0.4, -0.2) is 24.5 Å². The van der Waals surface area contributed by atoms with E-state index in [1.807, 2.05) is 6.07 Å². The lowest BCUT2D eigenvalue weighted by atomic mass is 9.93. The second kappa shape index (κ2) is 8.00. The van der Waals surface area contributed by atoms with Gasteiger partial charge in [0.2, 0.25) is 0 Å². The fraction of sp³-hybridized carbons (Fsp3) is 0.333. The van der Waals surface area contributed by atoms with E-state index in [2.05, 4.69) is 77.2 Å². The largest absolute Gasteiger partial charge is 0.488 e. The zero-order chi connectivity index (χ0) is 16.9. The summed E-state index contributed by atoms with van der Waals surface area (Å²) in [7, 11) is 0. The van der Waals surface area contributed by atoms with E-state index in [4.69, 9.17) is 4.74 Å². The van der Waals surface area contributed by atoms with Crippen molar-refractivity contribution in [3.8, 4) is 5.75 Å². The Morgan fingerprint density at radius 3 is 2.67 bits per heavy atom. The zero-order valence-corrected chi connectivity index (χ0v) is 16.0. The zero-order valence-electron chi connectivity index (χ0n) is 14.4. The van der Waals surface area contributed by atoms with Crippen LogP contribution in [0.1, 0.15) is 37.0 Å². The summed E-state index contributed by atoms with van der Waals surface area (Å²) in [4.78, 5) is 2.46. The van der Waals surface area contributed by atoms with Crippen molar-refractivity contribution in [3.63, 3.8) is 0 Å². The summed E-state index contributed by atoms with van der Waals surface area (Å²) in [6, 6.07) is 14.8. The van der Waals surface area contributed by atoms with Crippen LogP contribution >= 0.6 is 15.9 Å². The molecule has 0 aromatic heterocycles. The van der Waals surface area contributed by atoms with Crippen molar-refractivity contribution >= 4 is 21.5 Å². The topological polar surface area (TPSA) is 12.5 Å². The van der Waals surface area contributed by atoms with Crippen LogP contribution in [0.5, 0.6) is 5.75 Å². The van der Waals surface area contributed by atoms with Crippen LogP contribution in [0.25, 0.3) is 5.57 Å². The number of benzene rings is 2. The first-order valence-corrected chi connectivity index (χ1v) is 9.45.